The lowest BCUT2D eigenvalue weighted by Gasteiger charge is -2.08. The van der Waals surface area contributed by atoms with Gasteiger partial charge in [-0.05, 0) is 53.2 Å². The molecule has 2 aromatic rings. The van der Waals surface area contributed by atoms with Crippen molar-refractivity contribution in [1.29, 1.82) is 0 Å². The van der Waals surface area contributed by atoms with E-state index < -0.39 is 0 Å². The van der Waals surface area contributed by atoms with Crippen molar-refractivity contribution in [3.05, 3.63) is 63.1 Å². The molecule has 4 nitrogen and oxygen atoms in total. The lowest BCUT2D eigenvalue weighted by molar-refractivity contribution is 0.102. The summed E-state index contributed by atoms with van der Waals surface area (Å²) in [5, 5.41) is 15.2. The lowest BCUT2D eigenvalue weighted by atomic mass is 10.1. The van der Waals surface area contributed by atoms with Gasteiger partial charge < -0.3 is 10.5 Å². The summed E-state index contributed by atoms with van der Waals surface area (Å²) in [6, 6.07) is 12.0. The summed E-state index contributed by atoms with van der Waals surface area (Å²) in [6.45, 7) is 1.68. The topological polar surface area (TPSA) is 61.7 Å². The van der Waals surface area contributed by atoms with Gasteiger partial charge in [0.05, 0.1) is 10.7 Å². The molecule has 0 aromatic heterocycles. The molecular weight excluding hydrogens is 356 g/mol. The molecule has 0 spiro atoms. The normalized spacial score (nSPS) is 11.3. The van der Waals surface area contributed by atoms with Crippen LogP contribution in [0.2, 0.25) is 5.02 Å². The van der Waals surface area contributed by atoms with Crippen LogP contribution >= 0.6 is 27.5 Å². The molecular formula is C15H12BrClN2O2. The van der Waals surface area contributed by atoms with Crippen LogP contribution < -0.4 is 5.32 Å². The number of hydrogen-bond acceptors (Lipinski definition) is 3. The van der Waals surface area contributed by atoms with Crippen molar-refractivity contribution in [2.45, 2.75) is 6.92 Å². The predicted molar refractivity (Wildman–Crippen MR) is 87.5 cm³/mol. The number of halogens is 2. The largest absolute Gasteiger partial charge is 0.411 e. The monoisotopic (exact) mass is 366 g/mol. The fraction of sp³-hybridized carbons (Fsp3) is 0.0667. The van der Waals surface area contributed by atoms with Crippen LogP contribution in [0.5, 0.6) is 0 Å². The number of rotatable bonds is 3. The van der Waals surface area contributed by atoms with Gasteiger partial charge in [-0.2, -0.15) is 0 Å². The minimum atomic E-state index is -0.247. The van der Waals surface area contributed by atoms with Gasteiger partial charge in [0.2, 0.25) is 0 Å². The van der Waals surface area contributed by atoms with Crippen LogP contribution in [0.15, 0.2) is 52.1 Å². The molecule has 6 heteroatoms. The molecule has 0 aliphatic rings. The van der Waals surface area contributed by atoms with Gasteiger partial charge in [0.25, 0.3) is 5.91 Å². The van der Waals surface area contributed by atoms with Crippen molar-refractivity contribution in [3.63, 3.8) is 0 Å². The van der Waals surface area contributed by atoms with E-state index in [9.17, 15) is 4.79 Å². The van der Waals surface area contributed by atoms with E-state index >= 15 is 0 Å². The van der Waals surface area contributed by atoms with E-state index in [1.54, 1.807) is 49.4 Å². The highest BCUT2D eigenvalue weighted by molar-refractivity contribution is 9.10. The first-order valence-corrected chi connectivity index (χ1v) is 7.24. The van der Waals surface area contributed by atoms with Crippen molar-refractivity contribution in [3.8, 4) is 0 Å². The summed E-state index contributed by atoms with van der Waals surface area (Å²) in [4.78, 5) is 12.2. The molecule has 0 saturated heterocycles. The molecule has 2 N–H and O–H groups in total. The fourth-order valence-corrected chi connectivity index (χ4v) is 2.22. The van der Waals surface area contributed by atoms with Gasteiger partial charge in [0, 0.05) is 21.3 Å². The Labute approximate surface area is 135 Å². The average Bonchev–Trinajstić information content (AvgIpc) is 2.49. The Bertz CT molecular complexity index is 717. The van der Waals surface area contributed by atoms with Crippen molar-refractivity contribution in [1.82, 2.24) is 0 Å². The van der Waals surface area contributed by atoms with E-state index in [1.165, 1.54) is 0 Å². The Hall–Kier alpha value is -1.85. The Morgan fingerprint density at radius 3 is 2.67 bits per heavy atom. The molecule has 0 aliphatic carbocycles. The summed E-state index contributed by atoms with van der Waals surface area (Å²) in [5.41, 5.74) is 2.31. The maximum Gasteiger partial charge on any atom is 0.255 e. The minimum Gasteiger partial charge on any atom is -0.411 e. The molecule has 0 bridgehead atoms. The van der Waals surface area contributed by atoms with E-state index in [0.29, 0.717) is 26.5 Å². The molecule has 2 aromatic carbocycles. The first-order chi connectivity index (χ1) is 10.0. The SMILES string of the molecule is C/C(=N/O)c1cccc(NC(=O)c2ccc(Cl)c(Br)c2)c1. The van der Waals surface area contributed by atoms with Crippen LogP contribution in [0.3, 0.4) is 0 Å². The Morgan fingerprint density at radius 1 is 1.24 bits per heavy atom. The van der Waals surface area contributed by atoms with E-state index in [4.69, 9.17) is 16.8 Å². The standard InChI is InChI=1S/C15H12BrClN2O2/c1-9(19-21)10-3-2-4-12(7-10)18-15(20)11-5-6-14(17)13(16)8-11/h2-8,21H,1H3,(H,18,20)/b19-9-. The van der Waals surface area contributed by atoms with Crippen LogP contribution in [-0.2, 0) is 0 Å². The number of oxime groups is 1. The number of nitrogens with one attached hydrogen (secondary N) is 1. The molecule has 0 saturated carbocycles. The van der Waals surface area contributed by atoms with Gasteiger partial charge in [0.1, 0.15) is 0 Å². The van der Waals surface area contributed by atoms with Gasteiger partial charge in [-0.3, -0.25) is 4.79 Å². The molecule has 0 radical (unpaired) electrons. The molecule has 2 rings (SSSR count). The molecule has 108 valence electrons. The number of anilines is 1. The lowest BCUT2D eigenvalue weighted by Crippen LogP contribution is -2.12. The van der Waals surface area contributed by atoms with Gasteiger partial charge in [-0.25, -0.2) is 0 Å². The Kier molecular flexibility index (Phi) is 4.98. The van der Waals surface area contributed by atoms with Gasteiger partial charge in [-0.15, -0.1) is 0 Å². The number of carbonyl (C=O) groups is 1. The van der Waals surface area contributed by atoms with Crippen LogP contribution in [0, 0.1) is 0 Å². The van der Waals surface area contributed by atoms with E-state index in [0.717, 1.165) is 5.56 Å². The molecule has 1 amide bonds. The molecule has 0 fully saturated rings. The number of benzene rings is 2. The average molecular weight is 368 g/mol. The van der Waals surface area contributed by atoms with E-state index in [1.807, 2.05) is 0 Å². The van der Waals surface area contributed by atoms with Gasteiger partial charge >= 0.3 is 0 Å². The van der Waals surface area contributed by atoms with Crippen molar-refractivity contribution in [2.75, 3.05) is 5.32 Å². The highest BCUT2D eigenvalue weighted by Crippen LogP contribution is 2.23. The van der Waals surface area contributed by atoms with Crippen molar-refractivity contribution in [2.24, 2.45) is 5.16 Å². The smallest absolute Gasteiger partial charge is 0.255 e. The second kappa shape index (κ2) is 6.74. The Balaban J connectivity index is 2.21. The maximum absolute atomic E-state index is 12.2. The van der Waals surface area contributed by atoms with Crippen molar-refractivity contribution < 1.29 is 10.0 Å². The van der Waals surface area contributed by atoms with E-state index in [-0.39, 0.29) is 5.91 Å². The molecule has 0 heterocycles. The Morgan fingerprint density at radius 2 is 2.00 bits per heavy atom. The summed E-state index contributed by atoms with van der Waals surface area (Å²) < 4.78 is 0.661. The van der Waals surface area contributed by atoms with Crippen LogP contribution in [-0.4, -0.2) is 16.8 Å². The summed E-state index contributed by atoms with van der Waals surface area (Å²) in [7, 11) is 0. The number of nitrogens with zero attached hydrogens (tertiary/aromatic N) is 1. The summed E-state index contributed by atoms with van der Waals surface area (Å²) in [5.74, 6) is -0.247. The third kappa shape index (κ3) is 3.83. The van der Waals surface area contributed by atoms with Gasteiger partial charge in [-0.1, -0.05) is 28.9 Å². The molecule has 0 atom stereocenters. The number of amides is 1. The van der Waals surface area contributed by atoms with Crippen LogP contribution in [0.4, 0.5) is 5.69 Å². The van der Waals surface area contributed by atoms with Crippen molar-refractivity contribution >= 4 is 44.8 Å². The fourth-order valence-electron chi connectivity index (χ4n) is 1.72. The number of carbonyl (C=O) groups excluding carboxylic acids is 1. The zero-order chi connectivity index (χ0) is 15.4. The summed E-state index contributed by atoms with van der Waals surface area (Å²) in [6.07, 6.45) is 0. The predicted octanol–water partition coefficient (Wildman–Crippen LogP) is 4.55. The zero-order valence-electron chi connectivity index (χ0n) is 11.1. The molecule has 21 heavy (non-hydrogen) atoms. The minimum absolute atomic E-state index is 0.247. The zero-order valence-corrected chi connectivity index (χ0v) is 13.4. The quantitative estimate of drug-likeness (QED) is 0.475. The second-order valence-corrected chi connectivity index (χ2v) is 5.61. The molecule has 0 unspecified atom stereocenters. The number of hydrogen-bond donors (Lipinski definition) is 2. The maximum atomic E-state index is 12.2. The highest BCUT2D eigenvalue weighted by Gasteiger charge is 2.09. The third-order valence-corrected chi connectivity index (χ3v) is 4.08. The highest BCUT2D eigenvalue weighted by atomic mass is 79.9. The first kappa shape index (κ1) is 15.5. The molecule has 0 aliphatic heterocycles. The van der Waals surface area contributed by atoms with Gasteiger partial charge in [0.15, 0.2) is 0 Å². The summed E-state index contributed by atoms with van der Waals surface area (Å²) >= 11 is 9.19. The van der Waals surface area contributed by atoms with Crippen LogP contribution in [0.25, 0.3) is 0 Å². The first-order valence-electron chi connectivity index (χ1n) is 6.07. The third-order valence-electron chi connectivity index (χ3n) is 2.87. The van der Waals surface area contributed by atoms with Crippen LogP contribution in [0.1, 0.15) is 22.8 Å². The van der Waals surface area contributed by atoms with E-state index in [2.05, 4.69) is 26.4 Å². The second-order valence-electron chi connectivity index (χ2n) is 4.35.